The number of allylic oxidation sites excluding steroid dienone is 4. The molecule has 0 rings (SSSR count). The number of hydrogen-bond donors (Lipinski definition) is 0. The number of ether oxygens (including phenoxy) is 4. The van der Waals surface area contributed by atoms with Crippen molar-refractivity contribution in [2.75, 3.05) is 40.6 Å². The summed E-state index contributed by atoms with van der Waals surface area (Å²) in [4.78, 5) is 7.88. The molecular formula is C20H30N2O4. The van der Waals surface area contributed by atoms with Gasteiger partial charge in [-0.1, -0.05) is 13.2 Å². The van der Waals surface area contributed by atoms with E-state index in [2.05, 4.69) is 23.1 Å². The third kappa shape index (κ3) is 15.1. The predicted octanol–water partition coefficient (Wildman–Crippen LogP) is 3.85. The summed E-state index contributed by atoms with van der Waals surface area (Å²) in [6, 6.07) is 0. The molecule has 0 bridgehead atoms. The van der Waals surface area contributed by atoms with Crippen LogP contribution in [0.25, 0.3) is 0 Å². The van der Waals surface area contributed by atoms with Crippen molar-refractivity contribution in [3.63, 3.8) is 0 Å². The number of methoxy groups -OCH3 is 2. The molecule has 0 aromatic carbocycles. The van der Waals surface area contributed by atoms with Gasteiger partial charge in [0.05, 0.1) is 19.0 Å². The summed E-state index contributed by atoms with van der Waals surface area (Å²) in [7, 11) is 3.27. The maximum atomic E-state index is 5.74. The van der Waals surface area contributed by atoms with Crippen LogP contribution in [0.2, 0.25) is 0 Å². The van der Waals surface area contributed by atoms with E-state index in [0.717, 1.165) is 5.76 Å². The van der Waals surface area contributed by atoms with Crippen LogP contribution in [0.4, 0.5) is 0 Å². The lowest BCUT2D eigenvalue weighted by Crippen LogP contribution is -2.03. The first-order chi connectivity index (χ1) is 12.8. The molecule has 0 fully saturated rings. The first-order valence-corrected chi connectivity index (χ1v) is 8.34. The van der Waals surface area contributed by atoms with Crippen molar-refractivity contribution >= 4 is 12.4 Å². The monoisotopic (exact) mass is 362 g/mol. The molecule has 0 N–H and O–H groups in total. The zero-order valence-electron chi connectivity index (χ0n) is 15.8. The molecule has 0 aliphatic heterocycles. The zero-order valence-corrected chi connectivity index (χ0v) is 15.8. The van der Waals surface area contributed by atoms with Crippen LogP contribution in [0.1, 0.15) is 12.8 Å². The second kappa shape index (κ2) is 18.9. The van der Waals surface area contributed by atoms with Gasteiger partial charge in [-0.25, -0.2) is 0 Å². The van der Waals surface area contributed by atoms with Crippen LogP contribution in [0.3, 0.4) is 0 Å². The first-order valence-electron chi connectivity index (χ1n) is 8.34. The van der Waals surface area contributed by atoms with Crippen LogP contribution in [0.15, 0.2) is 71.4 Å². The highest BCUT2D eigenvalue weighted by Crippen LogP contribution is 2.10. The average Bonchev–Trinajstić information content (AvgIpc) is 2.65. The molecule has 0 amide bonds. The number of nitrogens with zero attached hydrogens (tertiary/aromatic N) is 2. The van der Waals surface area contributed by atoms with Crippen molar-refractivity contribution in [2.24, 2.45) is 9.98 Å². The van der Waals surface area contributed by atoms with Crippen molar-refractivity contribution < 1.29 is 18.9 Å². The van der Waals surface area contributed by atoms with E-state index in [9.17, 15) is 0 Å². The molecule has 0 radical (unpaired) electrons. The fourth-order valence-corrected chi connectivity index (χ4v) is 1.64. The summed E-state index contributed by atoms with van der Waals surface area (Å²) in [6.45, 7) is 9.05. The third-order valence-corrected chi connectivity index (χ3v) is 2.84. The fraction of sp³-hybridized carbons (Fsp3) is 0.400. The molecule has 0 aromatic rings. The highest BCUT2D eigenvalue weighted by molar-refractivity contribution is 5.72. The molecule has 0 aliphatic rings. The lowest BCUT2D eigenvalue weighted by Gasteiger charge is -2.10. The van der Waals surface area contributed by atoms with E-state index in [0.29, 0.717) is 45.0 Å². The largest absolute Gasteiger partial charge is 0.496 e. The molecule has 0 spiro atoms. The summed E-state index contributed by atoms with van der Waals surface area (Å²) in [5, 5.41) is 0. The first kappa shape index (κ1) is 23.6. The minimum absolute atomic E-state index is 0.459. The second-order valence-electron chi connectivity index (χ2n) is 4.75. The molecule has 26 heavy (non-hydrogen) atoms. The van der Waals surface area contributed by atoms with Crippen LogP contribution in [-0.2, 0) is 18.9 Å². The van der Waals surface area contributed by atoms with Crippen LogP contribution < -0.4 is 0 Å². The smallest absolute Gasteiger partial charge is 0.115 e. The summed E-state index contributed by atoms with van der Waals surface area (Å²) in [5.41, 5.74) is 0. The Balaban J connectivity index is 4.96. The molecule has 6 nitrogen and oxygen atoms in total. The van der Waals surface area contributed by atoms with Gasteiger partial charge >= 0.3 is 0 Å². The van der Waals surface area contributed by atoms with Crippen molar-refractivity contribution in [3.05, 3.63) is 61.4 Å². The van der Waals surface area contributed by atoms with Crippen molar-refractivity contribution in [1.82, 2.24) is 0 Å². The number of rotatable bonds is 16. The van der Waals surface area contributed by atoms with Crippen LogP contribution >= 0.6 is 0 Å². The standard InChI is InChI=1S/C20H30N2O4/c1-5-21-13-7-9-19(25-17-15-23-3)11-12-20(26-18-16-24-4)10-8-14-22-6-2/h5-7,9-11,13-14H,1-2,8,12,15-18H2,3-4H3/b9-7+,19-11-,20-10+,21-13?,22-14?. The molecule has 144 valence electrons. The molecule has 6 heteroatoms. The summed E-state index contributed by atoms with van der Waals surface area (Å²) < 4.78 is 21.5. The SMILES string of the molecule is C=CN=C/C=C/C(=C/C/C(=C\CC=NC=C)OCCOC)OCCOC. The normalized spacial score (nSPS) is 13.0. The van der Waals surface area contributed by atoms with Gasteiger partial charge in [-0.05, 0) is 24.3 Å². The maximum absolute atomic E-state index is 5.74. The van der Waals surface area contributed by atoms with E-state index < -0.39 is 0 Å². The van der Waals surface area contributed by atoms with Crippen LogP contribution in [0.5, 0.6) is 0 Å². The second-order valence-corrected chi connectivity index (χ2v) is 4.75. The summed E-state index contributed by atoms with van der Waals surface area (Å²) >= 11 is 0. The van der Waals surface area contributed by atoms with Gasteiger partial charge in [0.2, 0.25) is 0 Å². The van der Waals surface area contributed by atoms with E-state index >= 15 is 0 Å². The Morgan fingerprint density at radius 2 is 1.58 bits per heavy atom. The quantitative estimate of drug-likeness (QED) is 0.181. The lowest BCUT2D eigenvalue weighted by atomic mass is 10.2. The van der Waals surface area contributed by atoms with Gasteiger partial charge < -0.3 is 18.9 Å². The van der Waals surface area contributed by atoms with Gasteiger partial charge in [0, 0.05) is 51.9 Å². The Kier molecular flexibility index (Phi) is 17.1. The minimum atomic E-state index is 0.459. The van der Waals surface area contributed by atoms with Gasteiger partial charge in [0.25, 0.3) is 0 Å². The highest BCUT2D eigenvalue weighted by Gasteiger charge is 2.00. The van der Waals surface area contributed by atoms with Crippen molar-refractivity contribution in [2.45, 2.75) is 12.8 Å². The molecule has 0 saturated carbocycles. The lowest BCUT2D eigenvalue weighted by molar-refractivity contribution is 0.106. The van der Waals surface area contributed by atoms with Gasteiger partial charge in [0.1, 0.15) is 19.0 Å². The third-order valence-electron chi connectivity index (χ3n) is 2.84. The molecular weight excluding hydrogens is 332 g/mol. The van der Waals surface area contributed by atoms with Gasteiger partial charge in [-0.2, -0.15) is 0 Å². The highest BCUT2D eigenvalue weighted by atomic mass is 16.5. The van der Waals surface area contributed by atoms with E-state index in [1.807, 2.05) is 18.2 Å². The topological polar surface area (TPSA) is 61.6 Å². The maximum Gasteiger partial charge on any atom is 0.115 e. The molecule has 0 heterocycles. The van der Waals surface area contributed by atoms with E-state index in [1.54, 1.807) is 32.7 Å². The Bertz CT molecular complexity index is 520. The van der Waals surface area contributed by atoms with E-state index in [-0.39, 0.29) is 0 Å². The summed E-state index contributed by atoms with van der Waals surface area (Å²) in [6.07, 6.45) is 15.1. The molecule has 0 aliphatic carbocycles. The molecule has 0 unspecified atom stereocenters. The number of hydrogen-bond acceptors (Lipinski definition) is 6. The molecule has 0 saturated heterocycles. The average molecular weight is 362 g/mol. The Morgan fingerprint density at radius 3 is 2.23 bits per heavy atom. The Labute approximate surface area is 156 Å². The van der Waals surface area contributed by atoms with E-state index in [1.165, 1.54) is 12.4 Å². The Morgan fingerprint density at radius 1 is 0.885 bits per heavy atom. The predicted molar refractivity (Wildman–Crippen MR) is 108 cm³/mol. The minimum Gasteiger partial charge on any atom is -0.496 e. The van der Waals surface area contributed by atoms with Crippen molar-refractivity contribution in [1.29, 1.82) is 0 Å². The zero-order chi connectivity index (χ0) is 19.3. The summed E-state index contributed by atoms with van der Waals surface area (Å²) in [5.74, 6) is 1.53. The van der Waals surface area contributed by atoms with Gasteiger partial charge in [-0.15, -0.1) is 0 Å². The number of aliphatic imine (C=N–C) groups is 2. The van der Waals surface area contributed by atoms with Gasteiger partial charge in [-0.3, -0.25) is 9.98 Å². The Hall–Kier alpha value is -2.44. The fourth-order valence-electron chi connectivity index (χ4n) is 1.64. The molecule has 0 aromatic heterocycles. The van der Waals surface area contributed by atoms with Crippen molar-refractivity contribution in [3.8, 4) is 0 Å². The van der Waals surface area contributed by atoms with Crippen LogP contribution in [0, 0.1) is 0 Å². The molecule has 0 atom stereocenters. The van der Waals surface area contributed by atoms with E-state index in [4.69, 9.17) is 18.9 Å². The van der Waals surface area contributed by atoms with Crippen LogP contribution in [-0.4, -0.2) is 53.1 Å². The van der Waals surface area contributed by atoms with Gasteiger partial charge in [0.15, 0.2) is 0 Å².